The van der Waals surface area contributed by atoms with Gasteiger partial charge in [-0.15, -0.1) is 0 Å². The largest absolute Gasteiger partial charge is 0.494 e. The second-order valence-corrected chi connectivity index (χ2v) is 10.9. The van der Waals surface area contributed by atoms with Crippen LogP contribution in [0.2, 0.25) is 0 Å². The molecule has 3 rings (SSSR count). The summed E-state index contributed by atoms with van der Waals surface area (Å²) in [5.74, 6) is 0.246. The van der Waals surface area contributed by atoms with E-state index in [1.165, 1.54) is 5.56 Å². The van der Waals surface area contributed by atoms with Crippen LogP contribution in [-0.2, 0) is 9.53 Å². The fourth-order valence-electron chi connectivity index (χ4n) is 5.84. The molecule has 3 nitrogen and oxygen atoms in total. The summed E-state index contributed by atoms with van der Waals surface area (Å²) in [6.45, 7) is 6.52. The van der Waals surface area contributed by atoms with Crippen LogP contribution in [0.3, 0.4) is 0 Å². The third-order valence-corrected chi connectivity index (χ3v) is 8.39. The lowest BCUT2D eigenvalue weighted by Crippen LogP contribution is -2.18. The number of carbonyl (C=O) groups excluding carboxylic acids is 1. The van der Waals surface area contributed by atoms with Gasteiger partial charge in [0.1, 0.15) is 24.0 Å². The number of rotatable bonds is 14. The molecule has 0 aliphatic heterocycles. The lowest BCUT2D eigenvalue weighted by atomic mass is 9.76. The maximum atomic E-state index is 15.0. The topological polar surface area (TPSA) is 35.5 Å². The fourth-order valence-corrected chi connectivity index (χ4v) is 5.84. The molecule has 0 unspecified atom stereocenters. The Kier molecular flexibility index (Phi) is 13.1. The molecule has 0 aromatic heterocycles. The molecule has 5 heteroatoms. The van der Waals surface area contributed by atoms with Gasteiger partial charge in [-0.3, -0.25) is 0 Å². The molecule has 0 heterocycles. The summed E-state index contributed by atoms with van der Waals surface area (Å²) in [6, 6.07) is 8.31. The summed E-state index contributed by atoms with van der Waals surface area (Å²) < 4.78 is 40.7. The molecule has 0 spiro atoms. The van der Waals surface area contributed by atoms with Crippen LogP contribution in [0.4, 0.5) is 8.78 Å². The number of ether oxygens (including phenoxy) is 2. The van der Waals surface area contributed by atoms with Crippen molar-refractivity contribution >= 4 is 5.97 Å². The number of benzene rings is 1. The zero-order valence-electron chi connectivity index (χ0n) is 23.1. The van der Waals surface area contributed by atoms with Crippen LogP contribution in [-0.4, -0.2) is 19.2 Å². The van der Waals surface area contributed by atoms with E-state index >= 15 is 0 Å². The standard InChI is InChI=1S/C33H46F2O3/c1-3-25-11-13-28(14-12-25)32(34)33(35)29-17-15-26(16-18-29)27-19-21-30(22-20-27)37-23-9-7-5-6-8-10-24-38-31(36)4-2/h4,8,10,19-22,25-26,28-29H,2-3,5-7,9,11-18,23-24H2,1H3/b10-8+,33-32+. The number of unbranched alkanes of at least 4 members (excludes halogenated alkanes) is 3. The Balaban J connectivity index is 1.31. The highest BCUT2D eigenvalue weighted by Gasteiger charge is 2.31. The molecule has 0 amide bonds. The minimum absolute atomic E-state index is 0.194. The molecule has 2 aliphatic rings. The molecule has 0 saturated heterocycles. The second-order valence-electron chi connectivity index (χ2n) is 10.9. The van der Waals surface area contributed by atoms with Crippen LogP contribution in [0.1, 0.15) is 102 Å². The van der Waals surface area contributed by atoms with Crippen LogP contribution >= 0.6 is 0 Å². The zero-order valence-corrected chi connectivity index (χ0v) is 23.1. The molecule has 1 aromatic rings. The van der Waals surface area contributed by atoms with Crippen molar-refractivity contribution in [2.75, 3.05) is 13.2 Å². The van der Waals surface area contributed by atoms with E-state index < -0.39 is 17.6 Å². The van der Waals surface area contributed by atoms with Crippen LogP contribution in [0.5, 0.6) is 5.75 Å². The Morgan fingerprint density at radius 2 is 1.53 bits per heavy atom. The average Bonchev–Trinajstić information content (AvgIpc) is 2.97. The van der Waals surface area contributed by atoms with E-state index in [2.05, 4.69) is 25.6 Å². The van der Waals surface area contributed by atoms with Crippen molar-refractivity contribution in [3.05, 3.63) is 66.3 Å². The molecule has 38 heavy (non-hydrogen) atoms. The second kappa shape index (κ2) is 16.5. The highest BCUT2D eigenvalue weighted by molar-refractivity contribution is 5.81. The van der Waals surface area contributed by atoms with Gasteiger partial charge in [0.15, 0.2) is 0 Å². The van der Waals surface area contributed by atoms with Crippen LogP contribution in [0.25, 0.3) is 0 Å². The molecule has 1 aromatic carbocycles. The predicted octanol–water partition coefficient (Wildman–Crippen LogP) is 9.55. The third kappa shape index (κ3) is 9.71. The highest BCUT2D eigenvalue weighted by atomic mass is 19.2. The van der Waals surface area contributed by atoms with Crippen LogP contribution < -0.4 is 4.74 Å². The zero-order chi connectivity index (χ0) is 27.2. The van der Waals surface area contributed by atoms with E-state index in [9.17, 15) is 13.6 Å². The number of esters is 1. The number of carbonyl (C=O) groups is 1. The van der Waals surface area contributed by atoms with Gasteiger partial charge >= 0.3 is 5.97 Å². The molecule has 0 radical (unpaired) electrons. The molecule has 0 N–H and O–H groups in total. The van der Waals surface area contributed by atoms with Gasteiger partial charge in [0, 0.05) is 17.9 Å². The number of hydrogen-bond acceptors (Lipinski definition) is 3. The molecular weight excluding hydrogens is 482 g/mol. The van der Waals surface area contributed by atoms with Gasteiger partial charge in [-0.2, -0.15) is 0 Å². The number of halogens is 2. The van der Waals surface area contributed by atoms with Crippen molar-refractivity contribution in [2.45, 2.75) is 96.3 Å². The van der Waals surface area contributed by atoms with Gasteiger partial charge in [0.05, 0.1) is 6.61 Å². The van der Waals surface area contributed by atoms with Crippen LogP contribution in [0.15, 0.2) is 60.7 Å². The summed E-state index contributed by atoms with van der Waals surface area (Å²) in [6.07, 6.45) is 17.2. The van der Waals surface area contributed by atoms with Gasteiger partial charge in [0.2, 0.25) is 0 Å². The quantitative estimate of drug-likeness (QED) is 0.104. The maximum absolute atomic E-state index is 15.0. The predicted molar refractivity (Wildman–Crippen MR) is 150 cm³/mol. The first-order valence-electron chi connectivity index (χ1n) is 14.7. The van der Waals surface area contributed by atoms with E-state index in [-0.39, 0.29) is 18.4 Å². The van der Waals surface area contributed by atoms with Crippen molar-refractivity contribution in [3.63, 3.8) is 0 Å². The number of hydrogen-bond donors (Lipinski definition) is 0. The van der Waals surface area contributed by atoms with E-state index in [1.807, 2.05) is 24.3 Å². The first-order chi connectivity index (χ1) is 18.5. The maximum Gasteiger partial charge on any atom is 0.330 e. The smallest absolute Gasteiger partial charge is 0.330 e. The van der Waals surface area contributed by atoms with Crippen LogP contribution in [0, 0.1) is 17.8 Å². The van der Waals surface area contributed by atoms with Gasteiger partial charge < -0.3 is 9.47 Å². The molecule has 210 valence electrons. The SMILES string of the molecule is C=CC(=O)OC/C=C/CCCCCOc1ccc(C2CCC(/C(F)=C(\F)C3CCC(CC)CC3)CC2)cc1. The normalized spacial score (nSPS) is 24.6. The molecule has 2 aliphatic carbocycles. The van der Waals surface area contributed by atoms with E-state index in [0.717, 1.165) is 95.3 Å². The van der Waals surface area contributed by atoms with Gasteiger partial charge in [-0.25, -0.2) is 13.6 Å². The Bertz CT molecular complexity index is 905. The lowest BCUT2D eigenvalue weighted by molar-refractivity contribution is -0.136. The van der Waals surface area contributed by atoms with Gasteiger partial charge in [-0.05, 0) is 107 Å². The van der Waals surface area contributed by atoms with Crippen molar-refractivity contribution in [1.82, 2.24) is 0 Å². The Morgan fingerprint density at radius 1 is 0.895 bits per heavy atom. The third-order valence-electron chi connectivity index (χ3n) is 8.39. The Labute approximate surface area is 228 Å². The molecular formula is C33H46F2O3. The molecule has 2 fully saturated rings. The first-order valence-corrected chi connectivity index (χ1v) is 14.7. The van der Waals surface area contributed by atoms with Crippen molar-refractivity contribution in [3.8, 4) is 5.75 Å². The van der Waals surface area contributed by atoms with Crippen molar-refractivity contribution in [2.24, 2.45) is 17.8 Å². The van der Waals surface area contributed by atoms with Crippen molar-refractivity contribution < 1.29 is 23.0 Å². The average molecular weight is 529 g/mol. The lowest BCUT2D eigenvalue weighted by Gasteiger charge is -2.30. The Hall–Kier alpha value is -2.43. The minimum Gasteiger partial charge on any atom is -0.494 e. The van der Waals surface area contributed by atoms with E-state index in [4.69, 9.17) is 9.47 Å². The molecule has 0 bridgehead atoms. The summed E-state index contributed by atoms with van der Waals surface area (Å²) in [4.78, 5) is 10.9. The first kappa shape index (κ1) is 30.1. The van der Waals surface area contributed by atoms with Crippen molar-refractivity contribution in [1.29, 1.82) is 0 Å². The summed E-state index contributed by atoms with van der Waals surface area (Å²) in [5, 5.41) is 0. The van der Waals surface area contributed by atoms with Gasteiger partial charge in [-0.1, -0.05) is 44.2 Å². The minimum atomic E-state index is -0.447. The molecule has 2 saturated carbocycles. The summed E-state index contributed by atoms with van der Waals surface area (Å²) in [5.41, 5.74) is 1.27. The monoisotopic (exact) mass is 528 g/mol. The number of allylic oxidation sites excluding steroid dienone is 3. The molecule has 0 atom stereocenters. The fraction of sp³-hybridized carbons (Fsp3) is 0.606. The van der Waals surface area contributed by atoms with E-state index in [1.54, 1.807) is 0 Å². The van der Waals surface area contributed by atoms with E-state index in [0.29, 0.717) is 18.4 Å². The van der Waals surface area contributed by atoms with Gasteiger partial charge in [0.25, 0.3) is 0 Å². The Morgan fingerprint density at radius 3 is 2.13 bits per heavy atom. The summed E-state index contributed by atoms with van der Waals surface area (Å²) >= 11 is 0. The summed E-state index contributed by atoms with van der Waals surface area (Å²) in [7, 11) is 0. The highest BCUT2D eigenvalue weighted by Crippen LogP contribution is 2.43.